The molecule has 0 saturated heterocycles. The SMILES string of the molecule is CC(C)(C)OC(=O)CSc1nc2ccccc2c(=O)n1CCC1=CCCCC1. The summed E-state index contributed by atoms with van der Waals surface area (Å²) < 4.78 is 7.10. The Balaban J connectivity index is 1.84. The van der Waals surface area contributed by atoms with Crippen molar-refractivity contribution in [2.45, 2.75) is 70.2 Å². The Bertz CT molecular complexity index is 941. The largest absolute Gasteiger partial charge is 0.459 e. The van der Waals surface area contributed by atoms with Gasteiger partial charge < -0.3 is 4.74 Å². The highest BCUT2D eigenvalue weighted by Crippen LogP contribution is 2.23. The number of hydrogen-bond acceptors (Lipinski definition) is 5. The zero-order chi connectivity index (χ0) is 20.1. The van der Waals surface area contributed by atoms with Gasteiger partial charge in [0.15, 0.2) is 5.16 Å². The van der Waals surface area contributed by atoms with Gasteiger partial charge in [-0.05, 0) is 65.0 Å². The third kappa shape index (κ3) is 5.47. The molecule has 0 N–H and O–H groups in total. The summed E-state index contributed by atoms with van der Waals surface area (Å²) in [5, 5.41) is 1.19. The molecular weight excluding hydrogens is 372 g/mol. The van der Waals surface area contributed by atoms with Gasteiger partial charge in [-0.15, -0.1) is 0 Å². The maximum atomic E-state index is 13.1. The number of benzene rings is 1. The highest BCUT2D eigenvalue weighted by molar-refractivity contribution is 7.99. The summed E-state index contributed by atoms with van der Waals surface area (Å²) in [5.41, 5.74) is 1.50. The number of ether oxygens (including phenoxy) is 1. The second-order valence-electron chi connectivity index (χ2n) is 8.10. The first-order valence-electron chi connectivity index (χ1n) is 9.85. The van der Waals surface area contributed by atoms with Gasteiger partial charge in [-0.25, -0.2) is 4.98 Å². The van der Waals surface area contributed by atoms with E-state index in [1.807, 2.05) is 45.0 Å². The van der Waals surface area contributed by atoms with Crippen LogP contribution in [0.1, 0.15) is 52.9 Å². The number of hydrogen-bond donors (Lipinski definition) is 0. The smallest absolute Gasteiger partial charge is 0.316 e. The Labute approximate surface area is 170 Å². The van der Waals surface area contributed by atoms with Gasteiger partial charge in [0.05, 0.1) is 16.7 Å². The molecule has 0 amide bonds. The number of thioether (sulfide) groups is 1. The summed E-state index contributed by atoms with van der Waals surface area (Å²) in [7, 11) is 0. The lowest BCUT2D eigenvalue weighted by molar-refractivity contribution is -0.151. The minimum atomic E-state index is -0.526. The van der Waals surface area contributed by atoms with Gasteiger partial charge in [-0.1, -0.05) is 35.5 Å². The second-order valence-corrected chi connectivity index (χ2v) is 9.04. The minimum Gasteiger partial charge on any atom is -0.459 e. The molecule has 28 heavy (non-hydrogen) atoms. The van der Waals surface area contributed by atoms with E-state index in [2.05, 4.69) is 11.1 Å². The quantitative estimate of drug-likeness (QED) is 0.304. The standard InChI is InChI=1S/C22H28N2O3S/c1-22(2,3)27-19(25)15-28-21-23-18-12-8-7-11-17(18)20(26)24(21)14-13-16-9-5-4-6-10-16/h7-9,11-12H,4-6,10,13-15H2,1-3H3. The van der Waals surface area contributed by atoms with Crippen LogP contribution in [-0.4, -0.2) is 26.9 Å². The Kier molecular flexibility index (Phi) is 6.60. The van der Waals surface area contributed by atoms with E-state index in [0.29, 0.717) is 22.6 Å². The van der Waals surface area contributed by atoms with Crippen LogP contribution in [0, 0.1) is 0 Å². The molecule has 150 valence electrons. The molecule has 1 aliphatic carbocycles. The van der Waals surface area contributed by atoms with Crippen molar-refractivity contribution in [2.24, 2.45) is 0 Å². The maximum Gasteiger partial charge on any atom is 0.316 e. The molecule has 0 fully saturated rings. The molecule has 2 aromatic rings. The number of carbonyl (C=O) groups is 1. The number of carbonyl (C=O) groups excluding carboxylic acids is 1. The number of para-hydroxylation sites is 1. The van der Waals surface area contributed by atoms with Gasteiger partial charge in [0.25, 0.3) is 5.56 Å². The molecular formula is C22H28N2O3S. The summed E-state index contributed by atoms with van der Waals surface area (Å²) in [6, 6.07) is 7.37. The lowest BCUT2D eigenvalue weighted by Crippen LogP contribution is -2.26. The zero-order valence-electron chi connectivity index (χ0n) is 16.9. The van der Waals surface area contributed by atoms with Crippen molar-refractivity contribution in [1.82, 2.24) is 9.55 Å². The van der Waals surface area contributed by atoms with Crippen molar-refractivity contribution >= 4 is 28.6 Å². The fraction of sp³-hybridized carbons (Fsp3) is 0.500. The molecule has 5 nitrogen and oxygen atoms in total. The fourth-order valence-corrected chi connectivity index (χ4v) is 4.14. The molecule has 0 saturated carbocycles. The third-order valence-electron chi connectivity index (χ3n) is 4.61. The number of esters is 1. The van der Waals surface area contributed by atoms with E-state index in [1.54, 1.807) is 4.57 Å². The van der Waals surface area contributed by atoms with E-state index < -0.39 is 5.60 Å². The Hall–Kier alpha value is -2.08. The molecule has 0 atom stereocenters. The first-order chi connectivity index (χ1) is 13.3. The van der Waals surface area contributed by atoms with Gasteiger partial charge >= 0.3 is 5.97 Å². The van der Waals surface area contributed by atoms with Crippen LogP contribution < -0.4 is 5.56 Å². The normalized spacial score (nSPS) is 14.8. The lowest BCUT2D eigenvalue weighted by atomic mass is 9.97. The second kappa shape index (κ2) is 8.95. The van der Waals surface area contributed by atoms with Crippen LogP contribution in [0.3, 0.4) is 0 Å². The summed E-state index contributed by atoms with van der Waals surface area (Å²) in [4.78, 5) is 29.9. The maximum absolute atomic E-state index is 13.1. The number of nitrogens with zero attached hydrogens (tertiary/aromatic N) is 2. The monoisotopic (exact) mass is 400 g/mol. The lowest BCUT2D eigenvalue weighted by Gasteiger charge is -2.20. The molecule has 0 spiro atoms. The van der Waals surface area contributed by atoms with E-state index in [1.165, 1.54) is 30.2 Å². The molecule has 1 aromatic heterocycles. The first-order valence-corrected chi connectivity index (χ1v) is 10.8. The summed E-state index contributed by atoms with van der Waals surface area (Å²) in [6.45, 7) is 6.12. The molecule has 1 aromatic carbocycles. The van der Waals surface area contributed by atoms with Crippen LogP contribution in [0.2, 0.25) is 0 Å². The first kappa shape index (κ1) is 20.6. The van der Waals surface area contributed by atoms with Crippen LogP contribution in [-0.2, 0) is 16.1 Å². The average molecular weight is 401 g/mol. The van der Waals surface area contributed by atoms with Gasteiger partial charge in [0.2, 0.25) is 0 Å². The van der Waals surface area contributed by atoms with E-state index in [9.17, 15) is 9.59 Å². The Morgan fingerprint density at radius 1 is 1.25 bits per heavy atom. The highest BCUT2D eigenvalue weighted by atomic mass is 32.2. The number of aromatic nitrogens is 2. The molecule has 0 aliphatic heterocycles. The highest BCUT2D eigenvalue weighted by Gasteiger charge is 2.18. The molecule has 0 radical (unpaired) electrons. The fourth-order valence-electron chi connectivity index (χ4n) is 3.34. The van der Waals surface area contributed by atoms with Crippen molar-refractivity contribution in [2.75, 3.05) is 5.75 Å². The van der Waals surface area contributed by atoms with E-state index in [4.69, 9.17) is 4.74 Å². The number of fused-ring (bicyclic) bond motifs is 1. The van der Waals surface area contributed by atoms with Crippen LogP contribution >= 0.6 is 11.8 Å². The third-order valence-corrected chi connectivity index (χ3v) is 5.56. The molecule has 3 rings (SSSR count). The van der Waals surface area contributed by atoms with Gasteiger partial charge in [-0.2, -0.15) is 0 Å². The molecule has 6 heteroatoms. The predicted molar refractivity (Wildman–Crippen MR) is 114 cm³/mol. The van der Waals surface area contributed by atoms with E-state index >= 15 is 0 Å². The number of rotatable bonds is 6. The van der Waals surface area contributed by atoms with Crippen LogP contribution in [0.5, 0.6) is 0 Å². The average Bonchev–Trinajstić information content (AvgIpc) is 2.65. The van der Waals surface area contributed by atoms with Crippen LogP contribution in [0.25, 0.3) is 10.9 Å². The van der Waals surface area contributed by atoms with Crippen LogP contribution in [0.4, 0.5) is 0 Å². The van der Waals surface area contributed by atoms with Crippen molar-refractivity contribution in [3.8, 4) is 0 Å². The van der Waals surface area contributed by atoms with Crippen molar-refractivity contribution in [1.29, 1.82) is 0 Å². The Morgan fingerprint density at radius 2 is 2.04 bits per heavy atom. The van der Waals surface area contributed by atoms with Crippen molar-refractivity contribution in [3.63, 3.8) is 0 Å². The van der Waals surface area contributed by atoms with Gasteiger partial charge in [0.1, 0.15) is 5.60 Å². The van der Waals surface area contributed by atoms with Gasteiger partial charge in [0, 0.05) is 6.54 Å². The molecule has 0 unspecified atom stereocenters. The zero-order valence-corrected chi connectivity index (χ0v) is 17.7. The molecule has 0 bridgehead atoms. The van der Waals surface area contributed by atoms with Crippen LogP contribution in [0.15, 0.2) is 45.9 Å². The van der Waals surface area contributed by atoms with Crippen molar-refractivity contribution < 1.29 is 9.53 Å². The van der Waals surface area contributed by atoms with E-state index in [-0.39, 0.29) is 17.3 Å². The topological polar surface area (TPSA) is 61.2 Å². The number of allylic oxidation sites excluding steroid dienone is 2. The minimum absolute atomic E-state index is 0.0475. The molecule has 1 aliphatic rings. The molecule has 1 heterocycles. The van der Waals surface area contributed by atoms with E-state index in [0.717, 1.165) is 19.3 Å². The summed E-state index contributed by atoms with van der Waals surface area (Å²) in [6.07, 6.45) is 7.85. The Morgan fingerprint density at radius 3 is 2.75 bits per heavy atom. The summed E-state index contributed by atoms with van der Waals surface area (Å²) >= 11 is 1.27. The summed E-state index contributed by atoms with van der Waals surface area (Å²) in [5.74, 6) is -0.175. The van der Waals surface area contributed by atoms with Crippen molar-refractivity contribution in [3.05, 3.63) is 46.3 Å². The van der Waals surface area contributed by atoms with Gasteiger partial charge in [-0.3, -0.25) is 14.2 Å². The predicted octanol–water partition coefficient (Wildman–Crippen LogP) is 4.72.